The van der Waals surface area contributed by atoms with Gasteiger partial charge < -0.3 is 9.84 Å². The van der Waals surface area contributed by atoms with Gasteiger partial charge in [-0.15, -0.1) is 5.10 Å². The molecule has 0 saturated carbocycles. The average Bonchev–Trinajstić information content (AvgIpc) is 3.19. The fourth-order valence-corrected chi connectivity index (χ4v) is 2.84. The maximum atomic E-state index is 15.5. The Morgan fingerprint density at radius 3 is 2.50 bits per heavy atom. The second-order valence-electron chi connectivity index (χ2n) is 6.98. The Kier molecular flexibility index (Phi) is 6.13. The zero-order chi connectivity index (χ0) is 21.9. The molecule has 7 nitrogen and oxygen atoms in total. The van der Waals surface area contributed by atoms with Gasteiger partial charge in [-0.25, -0.2) is 13.5 Å². The van der Waals surface area contributed by atoms with E-state index in [1.807, 2.05) is 13.8 Å². The number of ether oxygens (including phenoxy) is 1. The van der Waals surface area contributed by atoms with E-state index in [-0.39, 0.29) is 12.7 Å². The first-order chi connectivity index (χ1) is 14.1. The molecule has 1 atom stereocenters. The van der Waals surface area contributed by atoms with Crippen molar-refractivity contribution in [2.45, 2.75) is 44.6 Å². The number of rotatable bonds is 8. The smallest absolute Gasteiger partial charge is 0.323 e. The summed E-state index contributed by atoms with van der Waals surface area (Å²) in [5.74, 6) is -6.40. The second-order valence-corrected chi connectivity index (χ2v) is 6.98. The molecule has 0 aliphatic heterocycles. The number of halogens is 4. The highest BCUT2D eigenvalue weighted by Gasteiger charge is 2.57. The van der Waals surface area contributed by atoms with Crippen LogP contribution >= 0.6 is 0 Å². The van der Waals surface area contributed by atoms with Gasteiger partial charge in [0.05, 0.1) is 19.3 Å². The minimum atomic E-state index is -4.09. The molecule has 0 aliphatic carbocycles. The lowest BCUT2D eigenvalue weighted by Gasteiger charge is -2.35. The second kappa shape index (κ2) is 8.44. The lowest BCUT2D eigenvalue weighted by molar-refractivity contribution is -0.207. The number of hydrogen-bond acceptors (Lipinski definition) is 6. The zero-order valence-corrected chi connectivity index (χ0v) is 16.1. The highest BCUT2D eigenvalue weighted by Crippen LogP contribution is 2.46. The third kappa shape index (κ3) is 4.31. The molecule has 1 N–H and O–H groups in total. The molecule has 0 radical (unpaired) electrons. The molecule has 0 saturated heterocycles. The molecule has 1 unspecified atom stereocenters. The molecule has 30 heavy (non-hydrogen) atoms. The number of pyridine rings is 1. The summed E-state index contributed by atoms with van der Waals surface area (Å²) in [7, 11) is 0. The SMILES string of the molecule is CC(C)OCc1ccc(C(F)(F)C(O)(Cn2cnnn2)c2ccc(F)cc2F)nc1. The van der Waals surface area contributed by atoms with Crippen LogP contribution < -0.4 is 0 Å². The molecule has 0 spiro atoms. The van der Waals surface area contributed by atoms with Gasteiger partial charge in [0, 0.05) is 17.8 Å². The quantitative estimate of drug-likeness (QED) is 0.559. The predicted octanol–water partition coefficient (Wildman–Crippen LogP) is 2.95. The van der Waals surface area contributed by atoms with E-state index in [1.54, 1.807) is 0 Å². The van der Waals surface area contributed by atoms with E-state index in [2.05, 4.69) is 20.5 Å². The molecular formula is C19H19F4N5O2. The minimum absolute atomic E-state index is 0.0612. The van der Waals surface area contributed by atoms with Crippen LogP contribution in [0, 0.1) is 11.6 Å². The van der Waals surface area contributed by atoms with E-state index in [4.69, 9.17) is 4.74 Å². The van der Waals surface area contributed by atoms with Crippen molar-refractivity contribution in [1.29, 1.82) is 0 Å². The Hall–Kier alpha value is -2.92. The van der Waals surface area contributed by atoms with Crippen LogP contribution in [-0.4, -0.2) is 36.4 Å². The van der Waals surface area contributed by atoms with Crippen molar-refractivity contribution in [3.63, 3.8) is 0 Å². The fourth-order valence-electron chi connectivity index (χ4n) is 2.84. The van der Waals surface area contributed by atoms with Crippen LogP contribution in [0.2, 0.25) is 0 Å². The van der Waals surface area contributed by atoms with Crippen molar-refractivity contribution in [2.24, 2.45) is 0 Å². The lowest BCUT2D eigenvalue weighted by atomic mass is 9.84. The Morgan fingerprint density at radius 2 is 1.93 bits per heavy atom. The maximum absolute atomic E-state index is 15.5. The van der Waals surface area contributed by atoms with Gasteiger partial charge in [0.15, 0.2) is 5.60 Å². The summed E-state index contributed by atoms with van der Waals surface area (Å²) >= 11 is 0. The Morgan fingerprint density at radius 1 is 1.17 bits per heavy atom. The monoisotopic (exact) mass is 425 g/mol. The van der Waals surface area contributed by atoms with Crippen molar-refractivity contribution in [3.05, 3.63) is 71.3 Å². The number of aromatic nitrogens is 5. The molecule has 2 heterocycles. The maximum Gasteiger partial charge on any atom is 0.323 e. The largest absolute Gasteiger partial charge is 0.377 e. The summed E-state index contributed by atoms with van der Waals surface area (Å²) in [6.45, 7) is 2.91. The van der Waals surface area contributed by atoms with Crippen LogP contribution in [0.3, 0.4) is 0 Å². The zero-order valence-electron chi connectivity index (χ0n) is 16.1. The van der Waals surface area contributed by atoms with Gasteiger partial charge in [0.25, 0.3) is 0 Å². The molecule has 2 aromatic heterocycles. The van der Waals surface area contributed by atoms with Crippen molar-refractivity contribution < 1.29 is 27.4 Å². The van der Waals surface area contributed by atoms with Crippen LogP contribution in [0.15, 0.2) is 42.9 Å². The van der Waals surface area contributed by atoms with Crippen LogP contribution in [0.4, 0.5) is 17.6 Å². The fraction of sp³-hybridized carbons (Fsp3) is 0.368. The van der Waals surface area contributed by atoms with Crippen molar-refractivity contribution >= 4 is 0 Å². The molecule has 11 heteroatoms. The average molecular weight is 425 g/mol. The van der Waals surface area contributed by atoms with Crippen LogP contribution in [0.25, 0.3) is 0 Å². The molecule has 3 rings (SSSR count). The van der Waals surface area contributed by atoms with E-state index in [1.165, 1.54) is 12.3 Å². The summed E-state index contributed by atoms with van der Waals surface area (Å²) in [6.07, 6.45) is 2.11. The first-order valence-electron chi connectivity index (χ1n) is 8.97. The lowest BCUT2D eigenvalue weighted by Crippen LogP contribution is -2.48. The number of alkyl halides is 2. The molecule has 0 aliphatic rings. The predicted molar refractivity (Wildman–Crippen MR) is 96.1 cm³/mol. The minimum Gasteiger partial charge on any atom is -0.377 e. The number of tetrazole rings is 1. The van der Waals surface area contributed by atoms with E-state index in [0.717, 1.165) is 29.2 Å². The van der Waals surface area contributed by atoms with Gasteiger partial charge in [-0.1, -0.05) is 6.07 Å². The van der Waals surface area contributed by atoms with Crippen molar-refractivity contribution in [3.8, 4) is 0 Å². The first-order valence-corrected chi connectivity index (χ1v) is 8.97. The van der Waals surface area contributed by atoms with E-state index in [9.17, 15) is 13.9 Å². The summed E-state index contributed by atoms with van der Waals surface area (Å²) in [4.78, 5) is 3.75. The van der Waals surface area contributed by atoms with Gasteiger partial charge in [-0.3, -0.25) is 4.98 Å². The van der Waals surface area contributed by atoms with Gasteiger partial charge >= 0.3 is 5.92 Å². The molecule has 3 aromatic rings. The topological polar surface area (TPSA) is 86.0 Å². The Labute approximate surface area is 169 Å². The first kappa shape index (κ1) is 21.8. The Bertz CT molecular complexity index is 983. The third-order valence-electron chi connectivity index (χ3n) is 4.41. The summed E-state index contributed by atoms with van der Waals surface area (Å²) in [5.41, 5.74) is -4.25. The normalized spacial score (nSPS) is 14.1. The van der Waals surface area contributed by atoms with Gasteiger partial charge in [-0.05, 0) is 48.0 Å². The number of benzene rings is 1. The molecule has 160 valence electrons. The molecule has 1 aromatic carbocycles. The summed E-state index contributed by atoms with van der Waals surface area (Å²) in [6, 6.07) is 4.34. The van der Waals surface area contributed by atoms with Crippen LogP contribution in [0.1, 0.15) is 30.7 Å². The summed E-state index contributed by atoms with van der Waals surface area (Å²) in [5, 5.41) is 21.2. The van der Waals surface area contributed by atoms with E-state index >= 15 is 8.78 Å². The van der Waals surface area contributed by atoms with Gasteiger partial charge in [0.2, 0.25) is 0 Å². The highest BCUT2D eigenvalue weighted by molar-refractivity contribution is 5.31. The van der Waals surface area contributed by atoms with E-state index < -0.39 is 41.0 Å². The number of nitrogens with zero attached hydrogens (tertiary/aromatic N) is 5. The van der Waals surface area contributed by atoms with Crippen molar-refractivity contribution in [1.82, 2.24) is 25.2 Å². The van der Waals surface area contributed by atoms with E-state index in [0.29, 0.717) is 11.6 Å². The van der Waals surface area contributed by atoms with Gasteiger partial charge in [-0.2, -0.15) is 8.78 Å². The molecule has 0 bridgehead atoms. The standard InChI is InChI=1S/C19H19F4N5O2/c1-12(2)30-9-13-3-6-17(24-8-13)19(22,23)18(29,10-28-11-25-26-27-28)15-5-4-14(20)7-16(15)21/h3-8,11-12,29H,9-10H2,1-2H3. The number of hydrogen-bond donors (Lipinski definition) is 1. The van der Waals surface area contributed by atoms with Gasteiger partial charge in [0.1, 0.15) is 23.7 Å². The van der Waals surface area contributed by atoms with Crippen molar-refractivity contribution in [2.75, 3.05) is 0 Å². The third-order valence-corrected chi connectivity index (χ3v) is 4.41. The summed E-state index contributed by atoms with van der Waals surface area (Å²) < 4.78 is 65.0. The molecular weight excluding hydrogens is 406 g/mol. The van der Waals surface area contributed by atoms with Crippen LogP contribution in [0.5, 0.6) is 0 Å². The Balaban J connectivity index is 2.03. The highest BCUT2D eigenvalue weighted by atomic mass is 19.3. The number of aliphatic hydroxyl groups is 1. The van der Waals surface area contributed by atoms with Crippen LogP contribution in [-0.2, 0) is 29.4 Å². The molecule has 0 amide bonds. The molecule has 0 fully saturated rings.